The van der Waals surface area contributed by atoms with E-state index in [1.807, 2.05) is 0 Å². The molecule has 0 fully saturated rings. The second-order valence-electron chi connectivity index (χ2n) is 1.39. The average molecular weight is 103 g/mol. The van der Waals surface area contributed by atoms with E-state index < -0.39 is 0 Å². The molecule has 0 saturated heterocycles. The molecule has 0 amide bonds. The van der Waals surface area contributed by atoms with Crippen LogP contribution in [0.4, 0.5) is 0 Å². The zero-order chi connectivity index (χ0) is 5.82. The molecule has 1 aliphatic rings. The van der Waals surface area contributed by atoms with Crippen molar-refractivity contribution >= 4 is 0 Å². The fraction of sp³-hybridized carbons (Fsp3) is 0. The summed E-state index contributed by atoms with van der Waals surface area (Å²) in [6.45, 7) is 0. The van der Waals surface area contributed by atoms with Gasteiger partial charge in [-0.25, -0.2) is 0 Å². The fourth-order valence-corrected chi connectivity index (χ4v) is 0.388. The zero-order valence-electron chi connectivity index (χ0n) is 4.31. The molecule has 0 heterocycles. The van der Waals surface area contributed by atoms with Crippen molar-refractivity contribution in [2.24, 2.45) is 5.73 Å². The summed E-state index contributed by atoms with van der Waals surface area (Å²) in [6.07, 6.45) is 4.96. The Morgan fingerprint density at radius 3 is 3.12 bits per heavy atom. The van der Waals surface area contributed by atoms with Gasteiger partial charge >= 0.3 is 0 Å². The molecule has 0 saturated carbocycles. The van der Waals surface area contributed by atoms with E-state index >= 15 is 0 Å². The Morgan fingerprint density at radius 2 is 2.25 bits per heavy atom. The van der Waals surface area contributed by atoms with E-state index in [1.165, 1.54) is 0 Å². The van der Waals surface area contributed by atoms with Crippen molar-refractivity contribution in [1.29, 1.82) is 0 Å². The molecule has 0 aliphatic heterocycles. The number of nitrogens with two attached hydrogens (primary N) is 1. The quantitative estimate of drug-likeness (QED) is 0.352. The van der Waals surface area contributed by atoms with E-state index in [4.69, 9.17) is 5.73 Å². The highest BCUT2D eigenvalue weighted by Gasteiger charge is 1.76. The van der Waals surface area contributed by atoms with Crippen LogP contribution in [0.1, 0.15) is 0 Å². The summed E-state index contributed by atoms with van der Waals surface area (Å²) in [5, 5.41) is 0. The molecular weight excluding hydrogens is 98.1 g/mol. The second kappa shape index (κ2) is 2.07. The van der Waals surface area contributed by atoms with E-state index in [0.717, 1.165) is 0 Å². The first-order valence-electron chi connectivity index (χ1n) is 2.27. The summed E-state index contributed by atoms with van der Waals surface area (Å²) in [6, 6.07) is 0. The van der Waals surface area contributed by atoms with Crippen LogP contribution in [-0.2, 0) is 0 Å². The van der Waals surface area contributed by atoms with Gasteiger partial charge in [-0.05, 0) is 0 Å². The highest BCUT2D eigenvalue weighted by atomic mass is 14.5. The van der Waals surface area contributed by atoms with Crippen LogP contribution in [0.3, 0.4) is 0 Å². The normalized spacial score (nSPS) is 13.8. The lowest BCUT2D eigenvalue weighted by Crippen LogP contribution is -1.89. The van der Waals surface area contributed by atoms with Gasteiger partial charge in [0.2, 0.25) is 0 Å². The second-order valence-corrected chi connectivity index (χ2v) is 1.39. The highest BCUT2D eigenvalue weighted by Crippen LogP contribution is 1.85. The molecule has 1 rings (SSSR count). The van der Waals surface area contributed by atoms with E-state index in [-0.39, 0.29) is 0 Å². The first-order chi connectivity index (χ1) is 3.89. The molecule has 0 atom stereocenters. The molecule has 0 aromatic rings. The summed E-state index contributed by atoms with van der Waals surface area (Å²) < 4.78 is 0. The van der Waals surface area contributed by atoms with Crippen molar-refractivity contribution in [3.05, 3.63) is 29.7 Å². The van der Waals surface area contributed by atoms with Gasteiger partial charge in [-0.3, -0.25) is 0 Å². The van der Waals surface area contributed by atoms with Gasteiger partial charge in [-0.15, -0.1) is 5.73 Å². The van der Waals surface area contributed by atoms with Crippen molar-refractivity contribution < 1.29 is 0 Å². The van der Waals surface area contributed by atoms with Crippen molar-refractivity contribution in [3.63, 3.8) is 0 Å². The monoisotopic (exact) mass is 103 g/mol. The third-order valence-electron chi connectivity index (χ3n) is 0.728. The Balaban J connectivity index is 3.03. The number of hydrogen-bond donors (Lipinski definition) is 1. The van der Waals surface area contributed by atoms with Gasteiger partial charge in [-0.2, -0.15) is 0 Å². The summed E-state index contributed by atoms with van der Waals surface area (Å²) in [4.78, 5) is 0. The Kier molecular flexibility index (Phi) is 1.23. The van der Waals surface area contributed by atoms with Crippen LogP contribution in [0.5, 0.6) is 0 Å². The van der Waals surface area contributed by atoms with E-state index in [1.54, 1.807) is 18.2 Å². The van der Waals surface area contributed by atoms with Crippen LogP contribution in [0.15, 0.2) is 29.7 Å². The van der Waals surface area contributed by atoms with Crippen molar-refractivity contribution in [2.45, 2.75) is 0 Å². The van der Waals surface area contributed by atoms with Gasteiger partial charge in [0.05, 0.1) is 0 Å². The molecule has 8 heavy (non-hydrogen) atoms. The molecule has 1 aliphatic carbocycles. The van der Waals surface area contributed by atoms with Gasteiger partial charge in [-0.1, -0.05) is 11.8 Å². The third kappa shape index (κ3) is 1.04. The molecule has 0 unspecified atom stereocenters. The lowest BCUT2D eigenvalue weighted by Gasteiger charge is -1.78. The molecule has 38 valence electrons. The Labute approximate surface area is 48.2 Å². The molecular formula is C7H5N. The molecule has 1 nitrogen and oxygen atoms in total. The Morgan fingerprint density at radius 1 is 1.38 bits per heavy atom. The standard InChI is InChI=1S/C7H5N/c8-7-5-3-1-2-4-6-7/h1,5-6H,8H2. The largest absolute Gasteiger partial charge is 0.398 e. The summed E-state index contributed by atoms with van der Waals surface area (Å²) in [5.74, 6) is 5.41. The maximum Gasteiger partial charge on any atom is 0.0477 e. The molecule has 2 N–H and O–H groups in total. The minimum absolute atomic E-state index is 0.659. The van der Waals surface area contributed by atoms with Gasteiger partial charge in [0.25, 0.3) is 0 Å². The Bertz CT molecular complexity index is 229. The van der Waals surface area contributed by atoms with Crippen LogP contribution in [0, 0.1) is 11.8 Å². The molecule has 0 aromatic carbocycles. The number of rotatable bonds is 0. The average Bonchev–Trinajstić information content (AvgIpc) is 1.94. The van der Waals surface area contributed by atoms with Crippen molar-refractivity contribution in [2.75, 3.05) is 0 Å². The molecule has 0 aromatic heterocycles. The van der Waals surface area contributed by atoms with E-state index in [2.05, 4.69) is 17.6 Å². The van der Waals surface area contributed by atoms with Crippen LogP contribution in [-0.4, -0.2) is 0 Å². The third-order valence-corrected chi connectivity index (χ3v) is 0.728. The minimum atomic E-state index is 0.659. The lowest BCUT2D eigenvalue weighted by atomic mass is 10.4. The fourth-order valence-electron chi connectivity index (χ4n) is 0.388. The van der Waals surface area contributed by atoms with Gasteiger partial charge < -0.3 is 5.73 Å². The molecule has 0 radical (unpaired) electrons. The van der Waals surface area contributed by atoms with Crippen LogP contribution in [0.25, 0.3) is 0 Å². The summed E-state index contributed by atoms with van der Waals surface area (Å²) in [7, 11) is 0. The van der Waals surface area contributed by atoms with E-state index in [9.17, 15) is 0 Å². The SMILES string of the molecule is NC1=CC#CC=C=C1. The topological polar surface area (TPSA) is 26.0 Å². The lowest BCUT2D eigenvalue weighted by molar-refractivity contribution is 1.44. The smallest absolute Gasteiger partial charge is 0.0477 e. The van der Waals surface area contributed by atoms with Crippen LogP contribution >= 0.6 is 0 Å². The molecule has 1 heteroatoms. The molecule has 0 spiro atoms. The predicted molar refractivity (Wildman–Crippen MR) is 32.7 cm³/mol. The van der Waals surface area contributed by atoms with Crippen molar-refractivity contribution in [1.82, 2.24) is 0 Å². The van der Waals surface area contributed by atoms with Gasteiger partial charge in [0.15, 0.2) is 0 Å². The number of hydrogen-bond acceptors (Lipinski definition) is 1. The first-order valence-corrected chi connectivity index (χ1v) is 2.27. The Hall–Kier alpha value is -1.38. The first kappa shape index (κ1) is 4.77. The number of allylic oxidation sites excluding steroid dienone is 2. The van der Waals surface area contributed by atoms with Gasteiger partial charge in [0.1, 0.15) is 0 Å². The summed E-state index contributed by atoms with van der Waals surface area (Å²) in [5.41, 5.74) is 8.79. The molecule has 0 bridgehead atoms. The summed E-state index contributed by atoms with van der Waals surface area (Å²) >= 11 is 0. The van der Waals surface area contributed by atoms with Gasteiger partial charge in [0, 0.05) is 23.9 Å². The maximum atomic E-state index is 5.36. The zero-order valence-corrected chi connectivity index (χ0v) is 4.31. The predicted octanol–water partition coefficient (Wildman–Crippen LogP) is 0.557. The highest BCUT2D eigenvalue weighted by molar-refractivity contribution is 5.33. The maximum absolute atomic E-state index is 5.36. The van der Waals surface area contributed by atoms with Crippen LogP contribution in [0.2, 0.25) is 0 Å². The minimum Gasteiger partial charge on any atom is -0.398 e. The van der Waals surface area contributed by atoms with E-state index in [0.29, 0.717) is 5.70 Å². The van der Waals surface area contributed by atoms with Crippen LogP contribution < -0.4 is 5.73 Å². The van der Waals surface area contributed by atoms with Crippen molar-refractivity contribution in [3.8, 4) is 11.8 Å².